The first-order valence-corrected chi connectivity index (χ1v) is 5.48. The number of nitrogens with zero attached hydrogens (tertiary/aromatic N) is 3. The van der Waals surface area contributed by atoms with Crippen LogP contribution in [0.2, 0.25) is 0 Å². The molecule has 0 fully saturated rings. The van der Waals surface area contributed by atoms with Crippen molar-refractivity contribution in [1.29, 1.82) is 5.26 Å². The Bertz CT molecular complexity index is 277. The minimum atomic E-state index is -3.42. The Balaban J connectivity index is 4.65. The largest absolute Gasteiger partial charge is 0.282 e. The van der Waals surface area contributed by atoms with E-state index in [4.69, 9.17) is 5.26 Å². The molecular formula is C7H15N3O2S. The molecule has 0 bridgehead atoms. The molecule has 0 unspecified atom stereocenters. The molecule has 0 spiro atoms. The van der Waals surface area contributed by atoms with Crippen molar-refractivity contribution in [3.63, 3.8) is 0 Å². The Morgan fingerprint density at radius 1 is 1.31 bits per heavy atom. The van der Waals surface area contributed by atoms with Crippen LogP contribution in [0, 0.1) is 11.3 Å². The predicted molar refractivity (Wildman–Crippen MR) is 50.1 cm³/mol. The Morgan fingerprint density at radius 3 is 2.08 bits per heavy atom. The summed E-state index contributed by atoms with van der Waals surface area (Å²) < 4.78 is 25.5. The summed E-state index contributed by atoms with van der Waals surface area (Å²) in [7, 11) is -2.02. The number of hydrogen-bond acceptors (Lipinski definition) is 3. The average molecular weight is 205 g/mol. The summed E-state index contributed by atoms with van der Waals surface area (Å²) in [5.74, 6) is 0. The summed E-state index contributed by atoms with van der Waals surface area (Å²) in [5.41, 5.74) is 0. The lowest BCUT2D eigenvalue weighted by Gasteiger charge is -2.23. The molecule has 0 saturated carbocycles. The van der Waals surface area contributed by atoms with E-state index < -0.39 is 10.2 Å². The third-order valence-electron chi connectivity index (χ3n) is 1.72. The van der Waals surface area contributed by atoms with Crippen molar-refractivity contribution in [1.82, 2.24) is 8.61 Å². The molecule has 0 atom stereocenters. The first-order chi connectivity index (χ1) is 6.00. The minimum Gasteiger partial charge on any atom is -0.197 e. The maximum Gasteiger partial charge on any atom is 0.282 e. The summed E-state index contributed by atoms with van der Waals surface area (Å²) in [6.45, 7) is 4.27. The van der Waals surface area contributed by atoms with Gasteiger partial charge in [-0.2, -0.15) is 22.3 Å². The SMILES string of the molecule is CCN(CC)S(=O)(=O)N(C)CC#N. The highest BCUT2D eigenvalue weighted by atomic mass is 32.2. The molecule has 0 heterocycles. The highest BCUT2D eigenvalue weighted by molar-refractivity contribution is 7.86. The molecule has 5 nitrogen and oxygen atoms in total. The Morgan fingerprint density at radius 2 is 1.77 bits per heavy atom. The van der Waals surface area contributed by atoms with Gasteiger partial charge in [0.05, 0.1) is 6.07 Å². The lowest BCUT2D eigenvalue weighted by molar-refractivity contribution is 0.391. The standard InChI is InChI=1S/C7H15N3O2S/c1-4-10(5-2)13(11,12)9(3)7-6-8/h4-5,7H2,1-3H3. The van der Waals surface area contributed by atoms with Crippen molar-refractivity contribution in [2.75, 3.05) is 26.7 Å². The molecule has 0 rings (SSSR count). The van der Waals surface area contributed by atoms with Gasteiger partial charge in [-0.1, -0.05) is 13.8 Å². The van der Waals surface area contributed by atoms with E-state index in [-0.39, 0.29) is 6.54 Å². The second-order valence-corrected chi connectivity index (χ2v) is 4.54. The lowest BCUT2D eigenvalue weighted by Crippen LogP contribution is -2.41. The van der Waals surface area contributed by atoms with Crippen LogP contribution in [0.4, 0.5) is 0 Å². The second kappa shape index (κ2) is 5.17. The van der Waals surface area contributed by atoms with Crippen molar-refractivity contribution >= 4 is 10.2 Å². The fourth-order valence-electron chi connectivity index (χ4n) is 0.928. The lowest BCUT2D eigenvalue weighted by atomic mass is 10.7. The maximum atomic E-state index is 11.6. The predicted octanol–water partition coefficient (Wildman–Crippen LogP) is 0.0284. The monoisotopic (exact) mass is 205 g/mol. The number of hydrogen-bond donors (Lipinski definition) is 0. The molecule has 0 aromatic heterocycles. The van der Waals surface area contributed by atoms with Crippen molar-refractivity contribution in [2.24, 2.45) is 0 Å². The molecule has 0 N–H and O–H groups in total. The van der Waals surface area contributed by atoms with Gasteiger partial charge in [-0.25, -0.2) is 0 Å². The van der Waals surface area contributed by atoms with Crippen molar-refractivity contribution in [3.05, 3.63) is 0 Å². The van der Waals surface area contributed by atoms with Gasteiger partial charge in [0, 0.05) is 20.1 Å². The van der Waals surface area contributed by atoms with Crippen LogP contribution in [0.5, 0.6) is 0 Å². The number of nitriles is 1. The Kier molecular flexibility index (Phi) is 4.91. The van der Waals surface area contributed by atoms with Crippen LogP contribution in [0.15, 0.2) is 0 Å². The van der Waals surface area contributed by atoms with Gasteiger partial charge in [-0.3, -0.25) is 0 Å². The maximum absolute atomic E-state index is 11.6. The normalized spacial score (nSPS) is 12.0. The summed E-state index contributed by atoms with van der Waals surface area (Å²) in [4.78, 5) is 0. The molecule has 0 aliphatic carbocycles. The zero-order valence-electron chi connectivity index (χ0n) is 8.19. The van der Waals surface area contributed by atoms with E-state index in [1.807, 2.05) is 0 Å². The smallest absolute Gasteiger partial charge is 0.197 e. The molecule has 0 aliphatic rings. The summed E-state index contributed by atoms with van der Waals surface area (Å²) in [6, 6.07) is 1.80. The van der Waals surface area contributed by atoms with E-state index in [0.29, 0.717) is 13.1 Å². The van der Waals surface area contributed by atoms with Gasteiger partial charge >= 0.3 is 0 Å². The van der Waals surface area contributed by atoms with Crippen LogP contribution in [0.1, 0.15) is 13.8 Å². The molecule has 0 amide bonds. The first-order valence-electron chi connectivity index (χ1n) is 4.09. The van der Waals surface area contributed by atoms with E-state index >= 15 is 0 Å². The minimum absolute atomic E-state index is 0.112. The van der Waals surface area contributed by atoms with Crippen LogP contribution in [0.25, 0.3) is 0 Å². The quantitative estimate of drug-likeness (QED) is 0.595. The van der Waals surface area contributed by atoms with Gasteiger partial charge in [-0.15, -0.1) is 0 Å². The highest BCUT2D eigenvalue weighted by Gasteiger charge is 2.23. The molecule has 6 heteroatoms. The van der Waals surface area contributed by atoms with E-state index in [1.54, 1.807) is 19.9 Å². The van der Waals surface area contributed by atoms with Gasteiger partial charge in [0.2, 0.25) is 0 Å². The van der Waals surface area contributed by atoms with E-state index in [1.165, 1.54) is 11.4 Å². The third kappa shape index (κ3) is 2.95. The highest BCUT2D eigenvalue weighted by Crippen LogP contribution is 2.04. The van der Waals surface area contributed by atoms with Crippen molar-refractivity contribution in [2.45, 2.75) is 13.8 Å². The van der Waals surface area contributed by atoms with Crippen molar-refractivity contribution < 1.29 is 8.42 Å². The third-order valence-corrected chi connectivity index (χ3v) is 3.80. The van der Waals surface area contributed by atoms with Gasteiger partial charge in [0.1, 0.15) is 6.54 Å². The van der Waals surface area contributed by atoms with E-state index in [2.05, 4.69) is 0 Å². The molecule has 76 valence electrons. The molecule has 0 aromatic carbocycles. The second-order valence-electron chi connectivity index (χ2n) is 2.51. The first kappa shape index (κ1) is 12.4. The van der Waals surface area contributed by atoms with Gasteiger partial charge < -0.3 is 0 Å². The Labute approximate surface area is 79.7 Å². The van der Waals surface area contributed by atoms with Crippen LogP contribution in [-0.4, -0.2) is 43.7 Å². The number of rotatable bonds is 5. The van der Waals surface area contributed by atoms with E-state index in [9.17, 15) is 8.42 Å². The van der Waals surface area contributed by atoms with Crippen LogP contribution >= 0.6 is 0 Å². The molecule has 0 saturated heterocycles. The molecular weight excluding hydrogens is 190 g/mol. The van der Waals surface area contributed by atoms with Gasteiger partial charge in [0.15, 0.2) is 0 Å². The summed E-state index contributed by atoms with van der Waals surface area (Å²) >= 11 is 0. The van der Waals surface area contributed by atoms with Crippen LogP contribution < -0.4 is 0 Å². The zero-order valence-corrected chi connectivity index (χ0v) is 9.00. The van der Waals surface area contributed by atoms with E-state index in [0.717, 1.165) is 4.31 Å². The fraction of sp³-hybridized carbons (Fsp3) is 0.857. The molecule has 0 radical (unpaired) electrons. The van der Waals surface area contributed by atoms with Crippen LogP contribution in [0.3, 0.4) is 0 Å². The topological polar surface area (TPSA) is 64.4 Å². The molecule has 0 aliphatic heterocycles. The Hall–Kier alpha value is -0.640. The van der Waals surface area contributed by atoms with Gasteiger partial charge in [-0.05, 0) is 0 Å². The van der Waals surface area contributed by atoms with Crippen LogP contribution in [-0.2, 0) is 10.2 Å². The molecule has 13 heavy (non-hydrogen) atoms. The molecule has 0 aromatic rings. The van der Waals surface area contributed by atoms with Gasteiger partial charge in [0.25, 0.3) is 10.2 Å². The van der Waals surface area contributed by atoms with Crippen molar-refractivity contribution in [3.8, 4) is 6.07 Å². The summed E-state index contributed by atoms with van der Waals surface area (Å²) in [5, 5.41) is 8.35. The summed E-state index contributed by atoms with van der Waals surface area (Å²) in [6.07, 6.45) is 0. The fourth-order valence-corrected chi connectivity index (χ4v) is 2.20. The zero-order chi connectivity index (χ0) is 10.5. The average Bonchev–Trinajstić information content (AvgIpc) is 2.06.